The quantitative estimate of drug-likeness (QED) is 0.222. The van der Waals surface area contributed by atoms with Gasteiger partial charge in [-0.05, 0) is 79.4 Å². The predicted molar refractivity (Wildman–Crippen MR) is 138 cm³/mol. The molecule has 7 N–H and O–H groups in total. The molecule has 0 heterocycles. The molecule has 0 aliphatic heterocycles. The zero-order chi connectivity index (χ0) is 28.6. The Morgan fingerprint density at radius 3 is 2.13 bits per heavy atom. The van der Waals surface area contributed by atoms with Gasteiger partial charge >= 0.3 is 10.4 Å². The maximum atomic E-state index is 12.5. The van der Waals surface area contributed by atoms with Gasteiger partial charge in [-0.3, -0.25) is 4.55 Å². The van der Waals surface area contributed by atoms with Gasteiger partial charge in [-0.15, -0.1) is 0 Å². The molecule has 0 radical (unpaired) electrons. The third-order valence-corrected chi connectivity index (χ3v) is 12.0. The lowest BCUT2D eigenvalue weighted by Crippen LogP contribution is -2.77. The van der Waals surface area contributed by atoms with Crippen LogP contribution in [0.5, 0.6) is 0 Å². The van der Waals surface area contributed by atoms with Gasteiger partial charge in [0.15, 0.2) is 0 Å². The van der Waals surface area contributed by atoms with Crippen molar-refractivity contribution in [1.29, 1.82) is 0 Å². The molecule has 4 aliphatic rings. The van der Waals surface area contributed by atoms with Crippen LogP contribution in [0.3, 0.4) is 0 Å². The number of hydrogen-bond acceptors (Lipinski definition) is 9. The summed E-state index contributed by atoms with van der Waals surface area (Å²) in [6, 6.07) is 0. The minimum Gasteiger partial charge on any atom is -0.393 e. The molecule has 10 nitrogen and oxygen atoms in total. The fourth-order valence-electron chi connectivity index (χ4n) is 9.63. The fraction of sp³-hybridized carbons (Fsp3) is 1.00. The van der Waals surface area contributed by atoms with E-state index in [1.807, 2.05) is 27.7 Å². The van der Waals surface area contributed by atoms with Gasteiger partial charge in [0, 0.05) is 11.8 Å². The van der Waals surface area contributed by atoms with Crippen LogP contribution in [0.25, 0.3) is 0 Å². The number of rotatable bonds is 7. The molecule has 0 spiro atoms. The Morgan fingerprint density at radius 2 is 1.55 bits per heavy atom. The Kier molecular flexibility index (Phi) is 8.18. The standard InChI is InChI=1S/C27H48O10S/c1-13(2)16(28)7-6-14(3)15-12-18(30)23-25(15,4)11-9-19-26(5)10-8-17(29)21(31)20(26)22(37-38(34,35)36)24(32)27(19,23)33/h13-24,28-33H,6-12H2,1-5H3,(H,34,35,36). The van der Waals surface area contributed by atoms with Crippen LogP contribution in [0.15, 0.2) is 0 Å². The van der Waals surface area contributed by atoms with Crippen LogP contribution in [-0.2, 0) is 14.6 Å². The highest BCUT2D eigenvalue weighted by Crippen LogP contribution is 2.70. The SMILES string of the molecule is CC(C)C(O)CCC(C)C1CC(O)C2C1(C)CCC1C3(C)CCC(O)C(O)C3C(OS(=O)(=O)O)C(O)C12O. The average molecular weight is 565 g/mol. The highest BCUT2D eigenvalue weighted by molar-refractivity contribution is 7.80. The summed E-state index contributed by atoms with van der Waals surface area (Å²) in [4.78, 5) is 0. The molecule has 4 saturated carbocycles. The first-order valence-corrected chi connectivity index (χ1v) is 15.5. The Labute approximate surface area is 226 Å². The van der Waals surface area contributed by atoms with Crippen molar-refractivity contribution in [3.05, 3.63) is 0 Å². The molecule has 0 aromatic rings. The van der Waals surface area contributed by atoms with Crippen molar-refractivity contribution in [2.75, 3.05) is 0 Å². The highest BCUT2D eigenvalue weighted by Gasteiger charge is 2.75. The molecule has 14 unspecified atom stereocenters. The third-order valence-electron chi connectivity index (χ3n) is 11.5. The predicted octanol–water partition coefficient (Wildman–Crippen LogP) is 1.26. The summed E-state index contributed by atoms with van der Waals surface area (Å²) in [5.41, 5.74) is -3.48. The van der Waals surface area contributed by atoms with Crippen LogP contribution in [0.2, 0.25) is 0 Å². The third kappa shape index (κ3) is 4.67. The Balaban J connectivity index is 1.74. The van der Waals surface area contributed by atoms with E-state index in [-0.39, 0.29) is 24.2 Å². The van der Waals surface area contributed by atoms with Crippen LogP contribution in [0.4, 0.5) is 0 Å². The van der Waals surface area contributed by atoms with Gasteiger partial charge < -0.3 is 30.6 Å². The van der Waals surface area contributed by atoms with Crippen molar-refractivity contribution in [2.24, 2.45) is 46.3 Å². The van der Waals surface area contributed by atoms with Gasteiger partial charge in [-0.1, -0.05) is 34.6 Å². The van der Waals surface area contributed by atoms with E-state index in [0.717, 1.165) is 6.42 Å². The normalized spacial score (nSPS) is 50.7. The lowest BCUT2D eigenvalue weighted by Gasteiger charge is -2.68. The molecule has 222 valence electrons. The molecule has 4 rings (SSSR count). The van der Waals surface area contributed by atoms with Crippen molar-refractivity contribution in [1.82, 2.24) is 0 Å². The second kappa shape index (κ2) is 10.2. The second-order valence-corrected chi connectivity index (χ2v) is 14.8. The second-order valence-electron chi connectivity index (χ2n) is 13.8. The van der Waals surface area contributed by atoms with Crippen molar-refractivity contribution < 1.29 is 47.8 Å². The number of aliphatic hydroxyl groups excluding tert-OH is 5. The van der Waals surface area contributed by atoms with Crippen molar-refractivity contribution in [2.45, 2.75) is 122 Å². The Morgan fingerprint density at radius 1 is 0.947 bits per heavy atom. The lowest BCUT2D eigenvalue weighted by atomic mass is 9.40. The van der Waals surface area contributed by atoms with E-state index in [9.17, 15) is 43.6 Å². The van der Waals surface area contributed by atoms with Gasteiger partial charge in [0.1, 0.15) is 17.8 Å². The molecule has 38 heavy (non-hydrogen) atoms. The van der Waals surface area contributed by atoms with E-state index in [1.165, 1.54) is 0 Å². The first kappa shape index (κ1) is 30.6. The summed E-state index contributed by atoms with van der Waals surface area (Å²) in [6.45, 7) is 9.85. The van der Waals surface area contributed by atoms with Gasteiger partial charge in [-0.2, -0.15) is 8.42 Å². The van der Waals surface area contributed by atoms with Crippen LogP contribution in [0, 0.1) is 46.3 Å². The maximum Gasteiger partial charge on any atom is 0.397 e. The molecule has 0 aromatic carbocycles. The zero-order valence-corrected chi connectivity index (χ0v) is 24.0. The first-order chi connectivity index (χ1) is 17.4. The highest BCUT2D eigenvalue weighted by atomic mass is 32.3. The summed E-state index contributed by atoms with van der Waals surface area (Å²) in [5.74, 6) is -2.24. The summed E-state index contributed by atoms with van der Waals surface area (Å²) in [6.07, 6.45) is -4.13. The number of aliphatic hydroxyl groups is 6. The summed E-state index contributed by atoms with van der Waals surface area (Å²) in [7, 11) is -5.09. The Hall–Kier alpha value is -0.370. The van der Waals surface area contributed by atoms with Crippen molar-refractivity contribution >= 4 is 10.4 Å². The molecular weight excluding hydrogens is 516 g/mol. The van der Waals surface area contributed by atoms with Crippen molar-refractivity contribution in [3.8, 4) is 0 Å². The molecule has 0 bridgehead atoms. The monoisotopic (exact) mass is 564 g/mol. The van der Waals surface area contributed by atoms with E-state index >= 15 is 0 Å². The van der Waals surface area contributed by atoms with Gasteiger partial charge in [-0.25, -0.2) is 4.18 Å². The molecule has 0 aromatic heterocycles. The fourth-order valence-corrected chi connectivity index (χ4v) is 10.1. The Bertz CT molecular complexity index is 975. The molecule has 0 saturated heterocycles. The van der Waals surface area contributed by atoms with E-state index in [2.05, 4.69) is 6.92 Å². The van der Waals surface area contributed by atoms with Gasteiger partial charge in [0.05, 0.1) is 24.4 Å². The summed E-state index contributed by atoms with van der Waals surface area (Å²) < 4.78 is 38.3. The topological polar surface area (TPSA) is 185 Å². The van der Waals surface area contributed by atoms with Crippen LogP contribution in [0.1, 0.15) is 79.6 Å². The van der Waals surface area contributed by atoms with Crippen LogP contribution in [-0.4, -0.2) is 85.8 Å². The maximum absolute atomic E-state index is 12.5. The zero-order valence-electron chi connectivity index (χ0n) is 23.1. The van der Waals surface area contributed by atoms with Crippen LogP contribution >= 0.6 is 0 Å². The van der Waals surface area contributed by atoms with E-state index in [4.69, 9.17) is 4.18 Å². The summed E-state index contributed by atoms with van der Waals surface area (Å²) >= 11 is 0. The molecule has 14 atom stereocenters. The smallest absolute Gasteiger partial charge is 0.393 e. The van der Waals surface area contributed by atoms with Crippen LogP contribution < -0.4 is 0 Å². The molecule has 11 heteroatoms. The average Bonchev–Trinajstić information content (AvgIpc) is 3.08. The lowest BCUT2D eigenvalue weighted by molar-refractivity contribution is -0.318. The number of hydrogen-bond donors (Lipinski definition) is 7. The molecular formula is C27H48O10S. The van der Waals surface area contributed by atoms with E-state index < -0.39 is 81.2 Å². The minimum atomic E-state index is -5.09. The largest absolute Gasteiger partial charge is 0.397 e. The van der Waals surface area contributed by atoms with E-state index in [0.29, 0.717) is 32.1 Å². The summed E-state index contributed by atoms with van der Waals surface area (Å²) in [5, 5.41) is 67.5. The molecule has 4 aliphatic carbocycles. The van der Waals surface area contributed by atoms with E-state index in [1.54, 1.807) is 0 Å². The number of fused-ring (bicyclic) bond motifs is 5. The van der Waals surface area contributed by atoms with Gasteiger partial charge in [0.2, 0.25) is 0 Å². The first-order valence-electron chi connectivity index (χ1n) is 14.2. The molecule has 0 amide bonds. The molecule has 4 fully saturated rings. The van der Waals surface area contributed by atoms with Gasteiger partial charge in [0.25, 0.3) is 0 Å². The minimum absolute atomic E-state index is 0.00993. The van der Waals surface area contributed by atoms with Crippen molar-refractivity contribution in [3.63, 3.8) is 0 Å².